The minimum atomic E-state index is -0.879. The highest BCUT2D eigenvalue weighted by Crippen LogP contribution is 2.19. The van der Waals surface area contributed by atoms with E-state index in [-0.39, 0.29) is 5.91 Å². The van der Waals surface area contributed by atoms with Crippen molar-refractivity contribution in [1.82, 2.24) is 4.90 Å². The summed E-state index contributed by atoms with van der Waals surface area (Å²) in [5.41, 5.74) is 0. The molecule has 1 saturated heterocycles. The summed E-state index contributed by atoms with van der Waals surface area (Å²) in [5, 5.41) is 8.96. The normalized spacial score (nSPS) is 19.6. The van der Waals surface area contributed by atoms with Crippen molar-refractivity contribution < 1.29 is 19.4 Å². The second kappa shape index (κ2) is 7.27. The number of unbranched alkanes of at least 4 members (excludes halogenated alkanes) is 2. The van der Waals surface area contributed by atoms with E-state index in [4.69, 9.17) is 9.84 Å². The van der Waals surface area contributed by atoms with Crippen LogP contribution in [0.5, 0.6) is 0 Å². The van der Waals surface area contributed by atoms with Gasteiger partial charge in [-0.3, -0.25) is 4.79 Å². The van der Waals surface area contributed by atoms with E-state index in [1.165, 1.54) is 4.90 Å². The highest BCUT2D eigenvalue weighted by Gasteiger charge is 2.33. The van der Waals surface area contributed by atoms with Crippen molar-refractivity contribution in [2.24, 2.45) is 0 Å². The van der Waals surface area contributed by atoms with Crippen LogP contribution in [0.1, 0.15) is 38.5 Å². The summed E-state index contributed by atoms with van der Waals surface area (Å²) >= 11 is 0. The number of aliphatic carboxylic acids is 1. The Morgan fingerprint density at radius 1 is 1.35 bits per heavy atom. The smallest absolute Gasteiger partial charge is 0.326 e. The highest BCUT2D eigenvalue weighted by atomic mass is 16.5. The van der Waals surface area contributed by atoms with Gasteiger partial charge in [-0.1, -0.05) is 6.42 Å². The molecule has 1 heterocycles. The molecule has 0 saturated carbocycles. The summed E-state index contributed by atoms with van der Waals surface area (Å²) in [7, 11) is 1.66. The number of ether oxygens (including phenoxy) is 1. The first-order valence-electron chi connectivity index (χ1n) is 6.18. The summed E-state index contributed by atoms with van der Waals surface area (Å²) in [6.45, 7) is 1.31. The maximum Gasteiger partial charge on any atom is 0.326 e. The summed E-state index contributed by atoms with van der Waals surface area (Å²) in [6.07, 6.45) is 4.55. The molecule has 98 valence electrons. The number of hydrogen-bond acceptors (Lipinski definition) is 3. The molecule has 1 aliphatic rings. The summed E-state index contributed by atoms with van der Waals surface area (Å²) in [6, 6.07) is -0.596. The van der Waals surface area contributed by atoms with Gasteiger partial charge in [-0.2, -0.15) is 0 Å². The molecular formula is C12H21NO4. The van der Waals surface area contributed by atoms with E-state index in [9.17, 15) is 9.59 Å². The number of carboxylic acids is 1. The zero-order valence-corrected chi connectivity index (χ0v) is 10.4. The van der Waals surface area contributed by atoms with E-state index >= 15 is 0 Å². The van der Waals surface area contributed by atoms with Crippen LogP contribution in [0, 0.1) is 0 Å². The zero-order chi connectivity index (χ0) is 12.7. The monoisotopic (exact) mass is 243 g/mol. The van der Waals surface area contributed by atoms with Crippen molar-refractivity contribution >= 4 is 11.9 Å². The van der Waals surface area contributed by atoms with Crippen molar-refractivity contribution in [2.75, 3.05) is 20.3 Å². The Bertz CT molecular complexity index is 267. The van der Waals surface area contributed by atoms with Crippen LogP contribution in [0.3, 0.4) is 0 Å². The Kier molecular flexibility index (Phi) is 5.97. The maximum atomic E-state index is 11.8. The van der Waals surface area contributed by atoms with Crippen LogP contribution in [0.4, 0.5) is 0 Å². The molecule has 1 amide bonds. The molecule has 1 fully saturated rings. The lowest BCUT2D eigenvalue weighted by Crippen LogP contribution is -2.40. The zero-order valence-electron chi connectivity index (χ0n) is 10.4. The molecule has 17 heavy (non-hydrogen) atoms. The first-order valence-corrected chi connectivity index (χ1v) is 6.18. The van der Waals surface area contributed by atoms with Crippen LogP contribution in [-0.2, 0) is 14.3 Å². The molecule has 0 spiro atoms. The fourth-order valence-electron chi connectivity index (χ4n) is 2.16. The highest BCUT2D eigenvalue weighted by molar-refractivity contribution is 5.84. The van der Waals surface area contributed by atoms with E-state index in [0.29, 0.717) is 19.4 Å². The standard InChI is InChI=1S/C12H21NO4/c1-17-9-4-2-3-7-11(14)13-8-5-6-10(13)12(15)16/h10H,2-9H2,1H3,(H,15,16)/t10-/m0/s1. The molecule has 1 aliphatic heterocycles. The fraction of sp³-hybridized carbons (Fsp3) is 0.833. The topological polar surface area (TPSA) is 66.8 Å². The quantitative estimate of drug-likeness (QED) is 0.684. The van der Waals surface area contributed by atoms with Gasteiger partial charge in [0.1, 0.15) is 6.04 Å². The summed E-state index contributed by atoms with van der Waals surface area (Å²) < 4.78 is 4.92. The summed E-state index contributed by atoms with van der Waals surface area (Å²) in [4.78, 5) is 24.3. The molecular weight excluding hydrogens is 222 g/mol. The molecule has 5 nitrogen and oxygen atoms in total. The third kappa shape index (κ3) is 4.34. The van der Waals surface area contributed by atoms with Crippen molar-refractivity contribution in [3.05, 3.63) is 0 Å². The van der Waals surface area contributed by atoms with Gasteiger partial charge in [0, 0.05) is 26.7 Å². The lowest BCUT2D eigenvalue weighted by molar-refractivity contribution is -0.148. The molecule has 1 atom stereocenters. The number of likely N-dealkylation sites (tertiary alicyclic amines) is 1. The van der Waals surface area contributed by atoms with Gasteiger partial charge in [-0.25, -0.2) is 4.79 Å². The molecule has 1 N–H and O–H groups in total. The van der Waals surface area contributed by atoms with Gasteiger partial charge in [0.05, 0.1) is 0 Å². The molecule has 0 radical (unpaired) electrons. The SMILES string of the molecule is COCCCCCC(=O)N1CCC[C@H]1C(=O)O. The molecule has 0 aromatic rings. The fourth-order valence-corrected chi connectivity index (χ4v) is 2.16. The molecule has 0 unspecified atom stereocenters. The molecule has 0 aromatic carbocycles. The molecule has 1 rings (SSSR count). The Balaban J connectivity index is 2.25. The van der Waals surface area contributed by atoms with Gasteiger partial charge in [0.2, 0.25) is 5.91 Å². The van der Waals surface area contributed by atoms with Crippen LogP contribution in [0.25, 0.3) is 0 Å². The number of carboxylic acid groups (broad SMARTS) is 1. The van der Waals surface area contributed by atoms with Gasteiger partial charge in [0.25, 0.3) is 0 Å². The van der Waals surface area contributed by atoms with Gasteiger partial charge in [-0.15, -0.1) is 0 Å². The van der Waals surface area contributed by atoms with Gasteiger partial charge in [0.15, 0.2) is 0 Å². The third-order valence-electron chi connectivity index (χ3n) is 3.10. The van der Waals surface area contributed by atoms with Crippen LogP contribution in [0.2, 0.25) is 0 Å². The summed E-state index contributed by atoms with van der Waals surface area (Å²) in [5.74, 6) is -0.900. The number of rotatable bonds is 7. The van der Waals surface area contributed by atoms with Crippen molar-refractivity contribution in [1.29, 1.82) is 0 Å². The van der Waals surface area contributed by atoms with Crippen LogP contribution >= 0.6 is 0 Å². The van der Waals surface area contributed by atoms with Crippen LogP contribution in [-0.4, -0.2) is 48.2 Å². The minimum absolute atomic E-state index is 0.0210. The van der Waals surface area contributed by atoms with Crippen LogP contribution in [0.15, 0.2) is 0 Å². The van der Waals surface area contributed by atoms with Gasteiger partial charge < -0.3 is 14.7 Å². The van der Waals surface area contributed by atoms with E-state index < -0.39 is 12.0 Å². The number of carbonyl (C=O) groups is 2. The number of carbonyl (C=O) groups excluding carboxylic acids is 1. The number of hydrogen-bond donors (Lipinski definition) is 1. The number of amides is 1. The van der Waals surface area contributed by atoms with Gasteiger partial charge in [-0.05, 0) is 25.7 Å². The van der Waals surface area contributed by atoms with E-state index in [2.05, 4.69) is 0 Å². The molecule has 0 bridgehead atoms. The van der Waals surface area contributed by atoms with Crippen LogP contribution < -0.4 is 0 Å². The Hall–Kier alpha value is -1.10. The third-order valence-corrected chi connectivity index (χ3v) is 3.10. The lowest BCUT2D eigenvalue weighted by atomic mass is 10.1. The van der Waals surface area contributed by atoms with E-state index in [0.717, 1.165) is 32.3 Å². The first-order chi connectivity index (χ1) is 8.16. The average Bonchev–Trinajstić information content (AvgIpc) is 2.77. The Morgan fingerprint density at radius 2 is 2.12 bits per heavy atom. The van der Waals surface area contributed by atoms with Gasteiger partial charge >= 0.3 is 5.97 Å². The van der Waals surface area contributed by atoms with Crippen molar-refractivity contribution in [3.63, 3.8) is 0 Å². The molecule has 0 aromatic heterocycles. The lowest BCUT2D eigenvalue weighted by Gasteiger charge is -2.21. The predicted molar refractivity (Wildman–Crippen MR) is 62.7 cm³/mol. The second-order valence-electron chi connectivity index (χ2n) is 4.39. The predicted octanol–water partition coefficient (Wildman–Crippen LogP) is 1.27. The molecule has 0 aliphatic carbocycles. The molecule has 5 heteroatoms. The first kappa shape index (κ1) is 14.0. The maximum absolute atomic E-state index is 11.8. The number of nitrogens with zero attached hydrogens (tertiary/aromatic N) is 1. The van der Waals surface area contributed by atoms with E-state index in [1.54, 1.807) is 7.11 Å². The van der Waals surface area contributed by atoms with Crippen molar-refractivity contribution in [3.8, 4) is 0 Å². The Labute approximate surface area is 102 Å². The van der Waals surface area contributed by atoms with Crippen molar-refractivity contribution in [2.45, 2.75) is 44.6 Å². The minimum Gasteiger partial charge on any atom is -0.480 e. The largest absolute Gasteiger partial charge is 0.480 e. The second-order valence-corrected chi connectivity index (χ2v) is 4.39. The average molecular weight is 243 g/mol. The number of methoxy groups -OCH3 is 1. The Morgan fingerprint density at radius 3 is 2.76 bits per heavy atom. The van der Waals surface area contributed by atoms with E-state index in [1.807, 2.05) is 0 Å².